The summed E-state index contributed by atoms with van der Waals surface area (Å²) in [4.78, 5) is 11.8. The average Bonchev–Trinajstić information content (AvgIpc) is 2.46. The fourth-order valence-corrected chi connectivity index (χ4v) is 1.85. The number of para-hydroxylation sites is 1. The van der Waals surface area contributed by atoms with Crippen molar-refractivity contribution in [1.82, 2.24) is 0 Å². The summed E-state index contributed by atoms with van der Waals surface area (Å²) < 4.78 is 0. The average molecular weight is 286 g/mol. The summed E-state index contributed by atoms with van der Waals surface area (Å²) >= 11 is 5.98. The van der Waals surface area contributed by atoms with Crippen molar-refractivity contribution in [3.63, 3.8) is 0 Å². The summed E-state index contributed by atoms with van der Waals surface area (Å²) in [5.74, 6) is -0.208. The number of halogens is 1. The maximum Gasteiger partial charge on any atom is 0.243 e. The van der Waals surface area contributed by atoms with Gasteiger partial charge in [-0.05, 0) is 30.3 Å². The van der Waals surface area contributed by atoms with Gasteiger partial charge in [0.1, 0.15) is 0 Å². The Morgan fingerprint density at radius 3 is 2.75 bits per heavy atom. The number of amides is 1. The molecule has 0 aliphatic carbocycles. The zero-order valence-corrected chi connectivity index (χ0v) is 11.3. The fourth-order valence-electron chi connectivity index (χ4n) is 1.65. The number of benzene rings is 2. The van der Waals surface area contributed by atoms with Gasteiger partial charge in [0, 0.05) is 5.69 Å². The molecule has 0 saturated heterocycles. The van der Waals surface area contributed by atoms with Crippen molar-refractivity contribution in [2.45, 2.75) is 0 Å². The Bertz CT molecular complexity index is 664. The van der Waals surface area contributed by atoms with Gasteiger partial charge in [0.05, 0.1) is 28.9 Å². The predicted octanol–water partition coefficient (Wildman–Crippen LogP) is 3.26. The third kappa shape index (κ3) is 3.74. The van der Waals surface area contributed by atoms with Gasteiger partial charge in [-0.3, -0.25) is 4.79 Å². The van der Waals surface area contributed by atoms with Crippen LogP contribution in [0.2, 0.25) is 5.02 Å². The third-order valence-electron chi connectivity index (χ3n) is 2.59. The van der Waals surface area contributed by atoms with Crippen LogP contribution < -0.4 is 10.6 Å². The second-order valence-corrected chi connectivity index (χ2v) is 4.48. The smallest absolute Gasteiger partial charge is 0.243 e. The highest BCUT2D eigenvalue weighted by atomic mass is 35.5. The van der Waals surface area contributed by atoms with Gasteiger partial charge in [0.15, 0.2) is 0 Å². The van der Waals surface area contributed by atoms with Gasteiger partial charge in [-0.2, -0.15) is 5.26 Å². The van der Waals surface area contributed by atoms with Crippen LogP contribution in [0.15, 0.2) is 48.5 Å². The van der Waals surface area contributed by atoms with E-state index in [-0.39, 0.29) is 12.5 Å². The number of hydrogen-bond donors (Lipinski definition) is 2. The van der Waals surface area contributed by atoms with E-state index in [2.05, 4.69) is 10.6 Å². The Labute approximate surface area is 122 Å². The highest BCUT2D eigenvalue weighted by molar-refractivity contribution is 6.33. The number of hydrogen-bond acceptors (Lipinski definition) is 3. The molecule has 0 aliphatic heterocycles. The van der Waals surface area contributed by atoms with E-state index in [1.165, 1.54) is 0 Å². The number of carbonyl (C=O) groups is 1. The summed E-state index contributed by atoms with van der Waals surface area (Å²) in [5.41, 5.74) is 1.80. The molecule has 2 aromatic rings. The van der Waals surface area contributed by atoms with Crippen LogP contribution in [0.25, 0.3) is 0 Å². The van der Waals surface area contributed by atoms with E-state index >= 15 is 0 Å². The van der Waals surface area contributed by atoms with Crippen molar-refractivity contribution in [3.8, 4) is 6.07 Å². The van der Waals surface area contributed by atoms with E-state index < -0.39 is 0 Å². The fraction of sp³-hybridized carbons (Fsp3) is 0.0667. The van der Waals surface area contributed by atoms with Crippen molar-refractivity contribution < 1.29 is 4.79 Å². The molecule has 0 bridgehead atoms. The van der Waals surface area contributed by atoms with E-state index in [1.54, 1.807) is 36.4 Å². The highest BCUT2D eigenvalue weighted by Gasteiger charge is 2.04. The van der Waals surface area contributed by atoms with Crippen LogP contribution in [0.4, 0.5) is 11.4 Å². The van der Waals surface area contributed by atoms with Crippen LogP contribution >= 0.6 is 11.6 Å². The first-order valence-electron chi connectivity index (χ1n) is 5.97. The number of nitriles is 1. The van der Waals surface area contributed by atoms with Crippen molar-refractivity contribution >= 4 is 28.9 Å². The molecule has 0 heterocycles. The van der Waals surface area contributed by atoms with Crippen molar-refractivity contribution in [3.05, 3.63) is 59.1 Å². The number of nitrogens with one attached hydrogen (secondary N) is 2. The van der Waals surface area contributed by atoms with Crippen molar-refractivity contribution in [1.29, 1.82) is 5.26 Å². The van der Waals surface area contributed by atoms with Crippen LogP contribution in [-0.2, 0) is 4.79 Å². The van der Waals surface area contributed by atoms with E-state index in [0.29, 0.717) is 22.0 Å². The molecular weight excluding hydrogens is 274 g/mol. The molecule has 2 rings (SSSR count). The van der Waals surface area contributed by atoms with Gasteiger partial charge in [0.25, 0.3) is 0 Å². The molecular formula is C15H12ClN3O. The van der Waals surface area contributed by atoms with Crippen LogP contribution in [-0.4, -0.2) is 12.5 Å². The second-order valence-electron chi connectivity index (χ2n) is 4.07. The third-order valence-corrected chi connectivity index (χ3v) is 2.92. The van der Waals surface area contributed by atoms with Crippen LogP contribution in [0.3, 0.4) is 0 Å². The Morgan fingerprint density at radius 1 is 1.20 bits per heavy atom. The molecule has 0 aromatic heterocycles. The molecule has 0 aliphatic rings. The Hall–Kier alpha value is -2.51. The number of rotatable bonds is 4. The minimum absolute atomic E-state index is 0.0977. The minimum atomic E-state index is -0.208. The standard InChI is InChI=1S/C15H12ClN3O/c16-13-6-1-2-7-14(13)18-10-15(20)19-12-5-3-4-11(8-12)9-17/h1-8,18H,10H2,(H,19,20). The lowest BCUT2D eigenvalue weighted by molar-refractivity contribution is -0.114. The summed E-state index contributed by atoms with van der Waals surface area (Å²) in [6.45, 7) is 0.0977. The molecule has 0 radical (unpaired) electrons. The quantitative estimate of drug-likeness (QED) is 0.906. The van der Waals surface area contributed by atoms with Crippen molar-refractivity contribution in [2.24, 2.45) is 0 Å². The first-order valence-corrected chi connectivity index (χ1v) is 6.35. The zero-order valence-electron chi connectivity index (χ0n) is 10.6. The lowest BCUT2D eigenvalue weighted by Gasteiger charge is -2.09. The van der Waals surface area contributed by atoms with E-state index in [4.69, 9.17) is 16.9 Å². The molecule has 5 heteroatoms. The van der Waals surface area contributed by atoms with Gasteiger partial charge in [-0.1, -0.05) is 29.8 Å². The van der Waals surface area contributed by atoms with Gasteiger partial charge in [-0.15, -0.1) is 0 Å². The summed E-state index contributed by atoms with van der Waals surface area (Å²) in [6.07, 6.45) is 0. The largest absolute Gasteiger partial charge is 0.375 e. The Balaban J connectivity index is 1.93. The summed E-state index contributed by atoms with van der Waals surface area (Å²) in [6, 6.07) is 16.0. The van der Waals surface area contributed by atoms with Gasteiger partial charge in [0.2, 0.25) is 5.91 Å². The molecule has 20 heavy (non-hydrogen) atoms. The van der Waals surface area contributed by atoms with Crippen LogP contribution in [0.5, 0.6) is 0 Å². The molecule has 0 spiro atoms. The maximum atomic E-state index is 11.8. The normalized spacial score (nSPS) is 9.60. The van der Waals surface area contributed by atoms with Crippen LogP contribution in [0, 0.1) is 11.3 Å². The summed E-state index contributed by atoms with van der Waals surface area (Å²) in [7, 11) is 0. The molecule has 1 amide bonds. The molecule has 4 nitrogen and oxygen atoms in total. The van der Waals surface area contributed by atoms with Crippen LogP contribution in [0.1, 0.15) is 5.56 Å². The van der Waals surface area contributed by atoms with E-state index in [9.17, 15) is 4.79 Å². The first-order chi connectivity index (χ1) is 9.69. The van der Waals surface area contributed by atoms with Gasteiger partial charge in [-0.25, -0.2) is 0 Å². The molecule has 0 saturated carbocycles. The van der Waals surface area contributed by atoms with Gasteiger partial charge < -0.3 is 10.6 Å². The lowest BCUT2D eigenvalue weighted by Crippen LogP contribution is -2.21. The highest BCUT2D eigenvalue weighted by Crippen LogP contribution is 2.20. The number of anilines is 2. The van der Waals surface area contributed by atoms with Crippen molar-refractivity contribution in [2.75, 3.05) is 17.2 Å². The maximum absolute atomic E-state index is 11.8. The minimum Gasteiger partial charge on any atom is -0.375 e. The monoisotopic (exact) mass is 285 g/mol. The molecule has 0 atom stereocenters. The second kappa shape index (κ2) is 6.60. The summed E-state index contributed by atoms with van der Waals surface area (Å²) in [5, 5.41) is 15.0. The SMILES string of the molecule is N#Cc1cccc(NC(=O)CNc2ccccc2Cl)c1. The molecule has 100 valence electrons. The molecule has 0 unspecified atom stereocenters. The first kappa shape index (κ1) is 13.9. The number of carbonyl (C=O) groups excluding carboxylic acids is 1. The number of nitrogens with zero attached hydrogens (tertiary/aromatic N) is 1. The predicted molar refractivity (Wildman–Crippen MR) is 79.7 cm³/mol. The Morgan fingerprint density at radius 2 is 2.00 bits per heavy atom. The lowest BCUT2D eigenvalue weighted by atomic mass is 10.2. The Kier molecular flexibility index (Phi) is 4.59. The van der Waals surface area contributed by atoms with E-state index in [1.807, 2.05) is 18.2 Å². The van der Waals surface area contributed by atoms with Gasteiger partial charge >= 0.3 is 0 Å². The molecule has 2 N–H and O–H groups in total. The van der Waals surface area contributed by atoms with E-state index in [0.717, 1.165) is 0 Å². The zero-order chi connectivity index (χ0) is 14.4. The topological polar surface area (TPSA) is 64.9 Å². The molecule has 2 aromatic carbocycles. The molecule has 0 fully saturated rings.